The highest BCUT2D eigenvalue weighted by molar-refractivity contribution is 7.00. The highest BCUT2D eigenvalue weighted by Gasteiger charge is 2.42. The zero-order valence-electron chi connectivity index (χ0n) is 47.8. The van der Waals surface area contributed by atoms with Crippen LogP contribution in [0, 0.1) is 0 Å². The van der Waals surface area contributed by atoms with Crippen LogP contribution in [0.2, 0.25) is 0 Å². The third-order valence-corrected chi connectivity index (χ3v) is 17.5. The van der Waals surface area contributed by atoms with E-state index in [1.807, 2.05) is 18.5 Å². The molecule has 5 heterocycles. The minimum Gasteiger partial charge on any atom is -0.310 e. The van der Waals surface area contributed by atoms with E-state index in [0.717, 1.165) is 16.9 Å². The molecule has 0 fully saturated rings. The predicted molar refractivity (Wildman–Crippen MR) is 337 cm³/mol. The molecule has 2 aliphatic heterocycles. The molecule has 3 aromatic heterocycles. The van der Waals surface area contributed by atoms with Crippen molar-refractivity contribution in [3.05, 3.63) is 211 Å². The Hall–Kier alpha value is -8.28. The van der Waals surface area contributed by atoms with Gasteiger partial charge in [0.15, 0.2) is 5.82 Å². The van der Waals surface area contributed by atoms with Crippen LogP contribution in [-0.4, -0.2) is 25.8 Å². The fourth-order valence-corrected chi connectivity index (χ4v) is 13.0. The van der Waals surface area contributed by atoms with Gasteiger partial charge in [0, 0.05) is 61.9 Å². The van der Waals surface area contributed by atoms with Crippen LogP contribution in [0.3, 0.4) is 0 Å². The molecular weight excluding hydrogens is 956 g/mol. The van der Waals surface area contributed by atoms with E-state index < -0.39 is 0 Å². The Morgan fingerprint density at radius 3 is 0.975 bits per heavy atom. The second kappa shape index (κ2) is 17.1. The minimum atomic E-state index is -0.106. The lowest BCUT2D eigenvalue weighted by Crippen LogP contribution is -2.59. The summed E-state index contributed by atoms with van der Waals surface area (Å²) in [6.45, 7) is 27.4. The molecule has 2 aliphatic rings. The first-order valence-corrected chi connectivity index (χ1v) is 28.3. The van der Waals surface area contributed by atoms with Crippen LogP contribution < -0.4 is 16.4 Å². The fourth-order valence-electron chi connectivity index (χ4n) is 13.0. The van der Waals surface area contributed by atoms with E-state index in [1.54, 1.807) is 0 Å². The quantitative estimate of drug-likeness (QED) is 0.161. The lowest BCUT2D eigenvalue weighted by molar-refractivity contribution is 0.590. The zero-order chi connectivity index (χ0) is 54.7. The van der Waals surface area contributed by atoms with E-state index in [9.17, 15) is 0 Å². The molecule has 9 aromatic carbocycles. The molecule has 5 heteroatoms. The van der Waals surface area contributed by atoms with Crippen LogP contribution in [0.15, 0.2) is 188 Å². The maximum absolute atomic E-state index is 4.93. The number of aromatic nitrogens is 4. The average Bonchev–Trinajstić information content (AvgIpc) is 4.02. The zero-order valence-corrected chi connectivity index (χ0v) is 47.8. The first kappa shape index (κ1) is 49.1. The van der Waals surface area contributed by atoms with Gasteiger partial charge in [0.2, 0.25) is 0 Å². The Labute approximate surface area is 465 Å². The van der Waals surface area contributed by atoms with Crippen molar-refractivity contribution in [3.63, 3.8) is 0 Å². The van der Waals surface area contributed by atoms with Crippen molar-refractivity contribution < 1.29 is 0 Å². The number of fused-ring (bicyclic) bond motifs is 10. The molecule has 0 bridgehead atoms. The van der Waals surface area contributed by atoms with Gasteiger partial charge >= 0.3 is 0 Å². The van der Waals surface area contributed by atoms with Crippen LogP contribution in [-0.2, 0) is 21.7 Å². The Bertz CT molecular complexity index is 4190. The van der Waals surface area contributed by atoms with Gasteiger partial charge in [0.25, 0.3) is 6.71 Å². The van der Waals surface area contributed by atoms with Crippen LogP contribution >= 0.6 is 0 Å². The van der Waals surface area contributed by atoms with E-state index >= 15 is 0 Å². The number of benzene rings is 9. The summed E-state index contributed by atoms with van der Waals surface area (Å²) in [6.07, 6.45) is 3.73. The molecule has 79 heavy (non-hydrogen) atoms. The number of hydrogen-bond acceptors (Lipinski definition) is 2. The van der Waals surface area contributed by atoms with E-state index in [1.165, 1.54) is 127 Å². The Morgan fingerprint density at radius 1 is 0.316 bits per heavy atom. The van der Waals surface area contributed by atoms with Gasteiger partial charge in [0.1, 0.15) is 0 Å². The van der Waals surface area contributed by atoms with Gasteiger partial charge < -0.3 is 9.13 Å². The number of nitrogens with zero attached hydrogens (tertiary/aromatic N) is 4. The minimum absolute atomic E-state index is 0.0365. The van der Waals surface area contributed by atoms with Gasteiger partial charge in [-0.3, -0.25) is 0 Å². The van der Waals surface area contributed by atoms with Crippen molar-refractivity contribution >= 4 is 66.7 Å². The maximum Gasteiger partial charge on any atom is 0.252 e. The van der Waals surface area contributed by atoms with Crippen molar-refractivity contribution in [1.29, 1.82) is 0 Å². The van der Waals surface area contributed by atoms with Crippen LogP contribution in [0.1, 0.15) is 105 Å². The molecule has 0 N–H and O–H groups in total. The Balaban J connectivity index is 1.10. The van der Waals surface area contributed by atoms with E-state index in [0.29, 0.717) is 5.82 Å². The Morgan fingerprint density at radius 2 is 0.633 bits per heavy atom. The topological polar surface area (TPSA) is 35.6 Å². The first-order valence-electron chi connectivity index (χ1n) is 28.3. The SMILES string of the molecule is CC(C)(C)c1ccc(-c2ccc3c(c2)c2cc(-c4ccc(C(C)(C)C)cc4)cc4c2n3-c2cc(-c3ncccn3)cc3c2B4c2cc(-c4ccc(C(C)(C)C)cc4)cc4c5cc(-c6ccc(C(C)(C)C)cc6)ccc5n-3c24)cc1. The molecule has 0 unspecified atom stereocenters. The second-order valence-corrected chi connectivity index (χ2v) is 26.8. The molecule has 12 aromatic rings. The summed E-state index contributed by atoms with van der Waals surface area (Å²) in [5.74, 6) is 0.709. The summed E-state index contributed by atoms with van der Waals surface area (Å²) >= 11 is 0. The third kappa shape index (κ3) is 7.86. The average molecular weight is 1020 g/mol. The summed E-state index contributed by atoms with van der Waals surface area (Å²) in [6, 6.07) is 68.1. The predicted octanol–water partition coefficient (Wildman–Crippen LogP) is 17.3. The van der Waals surface area contributed by atoms with E-state index in [2.05, 4.69) is 262 Å². The summed E-state index contributed by atoms with van der Waals surface area (Å²) in [5.41, 5.74) is 27.4. The summed E-state index contributed by atoms with van der Waals surface area (Å²) in [5, 5.41) is 4.98. The van der Waals surface area contributed by atoms with Gasteiger partial charge in [-0.1, -0.05) is 204 Å². The van der Waals surface area contributed by atoms with E-state index in [4.69, 9.17) is 9.97 Å². The lowest BCUT2D eigenvalue weighted by atomic mass is 9.34. The molecule has 386 valence electrons. The molecule has 14 rings (SSSR count). The fraction of sp³-hybridized carbons (Fsp3) is 0.216. The van der Waals surface area contributed by atoms with Crippen molar-refractivity contribution in [3.8, 4) is 67.3 Å². The first-order chi connectivity index (χ1) is 37.7. The number of rotatable bonds is 5. The summed E-state index contributed by atoms with van der Waals surface area (Å²) in [4.78, 5) is 9.87. The van der Waals surface area contributed by atoms with Gasteiger partial charge in [-0.25, -0.2) is 9.97 Å². The van der Waals surface area contributed by atoms with Crippen LogP contribution in [0.4, 0.5) is 0 Å². The van der Waals surface area contributed by atoms with Gasteiger partial charge in [0.05, 0.1) is 11.0 Å². The molecule has 0 spiro atoms. The highest BCUT2D eigenvalue weighted by atomic mass is 15.0. The molecule has 0 saturated carbocycles. The summed E-state index contributed by atoms with van der Waals surface area (Å²) in [7, 11) is 0. The van der Waals surface area contributed by atoms with E-state index in [-0.39, 0.29) is 28.4 Å². The molecule has 4 nitrogen and oxygen atoms in total. The molecule has 0 aliphatic carbocycles. The van der Waals surface area contributed by atoms with Crippen molar-refractivity contribution in [2.75, 3.05) is 0 Å². The normalized spacial score (nSPS) is 13.3. The molecule has 0 atom stereocenters. The van der Waals surface area contributed by atoms with Crippen LogP contribution in [0.25, 0.3) is 111 Å². The van der Waals surface area contributed by atoms with Crippen molar-refractivity contribution in [2.24, 2.45) is 0 Å². The molecule has 0 amide bonds. The molecular formula is C74H67BN4. The second-order valence-electron chi connectivity index (χ2n) is 26.8. The number of hydrogen-bond donors (Lipinski definition) is 0. The largest absolute Gasteiger partial charge is 0.310 e. The van der Waals surface area contributed by atoms with Crippen molar-refractivity contribution in [2.45, 2.75) is 105 Å². The van der Waals surface area contributed by atoms with Crippen LogP contribution in [0.5, 0.6) is 0 Å². The smallest absolute Gasteiger partial charge is 0.252 e. The molecule has 0 saturated heterocycles. The van der Waals surface area contributed by atoms with Crippen molar-refractivity contribution in [1.82, 2.24) is 19.1 Å². The lowest BCUT2D eigenvalue weighted by Gasteiger charge is -2.34. The maximum atomic E-state index is 4.93. The summed E-state index contributed by atoms with van der Waals surface area (Å²) < 4.78 is 5.17. The third-order valence-electron chi connectivity index (χ3n) is 17.5. The monoisotopic (exact) mass is 1020 g/mol. The highest BCUT2D eigenvalue weighted by Crippen LogP contribution is 2.45. The van der Waals surface area contributed by atoms with Gasteiger partial charge in [-0.15, -0.1) is 0 Å². The Kier molecular flexibility index (Phi) is 10.6. The standard InChI is InChI=1S/C74H67BN4/c1-71(2,3)53-24-14-44(15-25-53)48-22-32-63-57(36-48)59-38-50(46-18-28-55(29-19-46)73(7,8)9)40-61-68(59)78(63)65-42-52(70-76-34-13-35-77-70)43-66-67(65)75(61)62-41-51(47-20-30-56(31-21-47)74(10,11)12)39-60-58-37-49(23-33-64(58)79(66)69(60)62)45-16-26-54(27-17-45)72(4,5)6/h13-43H,1-12H3. The van der Waals surface area contributed by atoms with Gasteiger partial charge in [-0.2, -0.15) is 0 Å². The van der Waals surface area contributed by atoms with Gasteiger partial charge in [-0.05, 0) is 159 Å². The molecule has 0 radical (unpaired) electrons.